The number of amides is 2. The highest BCUT2D eigenvalue weighted by atomic mass is 16.6. The number of nitrogens with one attached hydrogen (secondary N) is 3. The minimum Gasteiger partial charge on any atom is -0.494 e. The Morgan fingerprint density at radius 1 is 1.03 bits per heavy atom. The van der Waals surface area contributed by atoms with E-state index in [2.05, 4.69) is 20.9 Å². The molecule has 0 saturated heterocycles. The smallest absolute Gasteiger partial charge is 0.408 e. The average molecular weight is 525 g/mol. The van der Waals surface area contributed by atoms with Crippen LogP contribution in [0.5, 0.6) is 5.75 Å². The van der Waals surface area contributed by atoms with E-state index in [1.807, 2.05) is 54.6 Å². The van der Waals surface area contributed by atoms with Gasteiger partial charge in [-0.1, -0.05) is 42.5 Å². The molecule has 0 unspecified atom stereocenters. The van der Waals surface area contributed by atoms with E-state index >= 15 is 0 Å². The van der Waals surface area contributed by atoms with Gasteiger partial charge in [0.1, 0.15) is 18.4 Å². The van der Waals surface area contributed by atoms with Crippen molar-refractivity contribution in [1.29, 1.82) is 0 Å². The van der Waals surface area contributed by atoms with Crippen LogP contribution in [0.3, 0.4) is 0 Å². The molecule has 204 valence electrons. The highest BCUT2D eigenvalue weighted by molar-refractivity contribution is 5.97. The summed E-state index contributed by atoms with van der Waals surface area (Å²) in [5.41, 5.74) is 1.83. The molecule has 1 aliphatic heterocycles. The van der Waals surface area contributed by atoms with Gasteiger partial charge in [-0.3, -0.25) is 15.1 Å². The molecule has 0 fully saturated rings. The fourth-order valence-electron chi connectivity index (χ4n) is 3.59. The maximum absolute atomic E-state index is 12.5. The average Bonchev–Trinajstić information content (AvgIpc) is 2.91. The lowest BCUT2D eigenvalue weighted by molar-refractivity contribution is -0.150. The summed E-state index contributed by atoms with van der Waals surface area (Å²) in [6.45, 7) is 5.28. The Morgan fingerprint density at radius 2 is 1.79 bits per heavy atom. The number of hydrogen-bond donors (Lipinski definition) is 3. The number of esters is 1. The monoisotopic (exact) mass is 524 g/mol. The first-order chi connectivity index (χ1) is 18.4. The van der Waals surface area contributed by atoms with Gasteiger partial charge in [-0.2, -0.15) is 0 Å². The quantitative estimate of drug-likeness (QED) is 0.364. The number of hydrogen-bond acceptors (Lipinski definition) is 8. The van der Waals surface area contributed by atoms with Crippen LogP contribution in [0, 0.1) is 0 Å². The number of ether oxygens (including phenoxy) is 3. The molecule has 3 N–H and O–H groups in total. The lowest BCUT2D eigenvalue weighted by Crippen LogP contribution is -2.43. The minimum atomic E-state index is -0.915. The standard InChI is InChI=1S/C28H36N4O6/c1-20(2)38-26(34)24(31-28(35)37-19-22-7-4-3-5-8-22)15-18-36-23-12-9-21(10-13-23)11-14-25(33)32-27-29-16-6-17-30-27/h3-5,7-10,12-13,20,24H,6,11,14-19H2,1-2H3,(H,31,35)(H2,29,30,32,33)/t24-/m0/s1. The number of carbonyl (C=O) groups excluding carboxylic acids is 3. The van der Waals surface area contributed by atoms with Crippen LogP contribution >= 0.6 is 0 Å². The molecule has 2 aromatic carbocycles. The van der Waals surface area contributed by atoms with Crippen LogP contribution < -0.4 is 20.7 Å². The summed E-state index contributed by atoms with van der Waals surface area (Å²) in [6, 6.07) is 15.8. The number of alkyl carbamates (subject to hydrolysis) is 1. The van der Waals surface area contributed by atoms with E-state index in [1.54, 1.807) is 13.8 Å². The minimum absolute atomic E-state index is 0.0902. The zero-order chi connectivity index (χ0) is 27.2. The van der Waals surface area contributed by atoms with Gasteiger partial charge in [-0.25, -0.2) is 9.59 Å². The second kappa shape index (κ2) is 15.2. The van der Waals surface area contributed by atoms with Crippen molar-refractivity contribution in [2.75, 3.05) is 19.7 Å². The van der Waals surface area contributed by atoms with E-state index in [0.29, 0.717) is 24.6 Å². The Hall–Kier alpha value is -4.08. The Bertz CT molecular complexity index is 1070. The van der Waals surface area contributed by atoms with Gasteiger partial charge in [-0.15, -0.1) is 0 Å². The highest BCUT2D eigenvalue weighted by Gasteiger charge is 2.24. The number of carbonyl (C=O) groups is 3. The van der Waals surface area contributed by atoms with E-state index in [1.165, 1.54) is 0 Å². The van der Waals surface area contributed by atoms with Crippen LogP contribution in [0.4, 0.5) is 4.79 Å². The first kappa shape index (κ1) is 28.5. The number of nitrogens with zero attached hydrogens (tertiary/aromatic N) is 1. The molecule has 0 spiro atoms. The van der Waals surface area contributed by atoms with Crippen molar-refractivity contribution in [3.8, 4) is 5.75 Å². The molecule has 0 bridgehead atoms. The molecule has 2 aromatic rings. The molecule has 2 amide bonds. The molecule has 1 aliphatic rings. The van der Waals surface area contributed by atoms with Gasteiger partial charge in [0.2, 0.25) is 5.91 Å². The van der Waals surface area contributed by atoms with E-state index in [9.17, 15) is 14.4 Å². The lowest BCUT2D eigenvalue weighted by atomic mass is 10.1. The van der Waals surface area contributed by atoms with Crippen molar-refractivity contribution >= 4 is 23.9 Å². The van der Waals surface area contributed by atoms with Gasteiger partial charge in [0, 0.05) is 25.9 Å². The molecule has 1 heterocycles. The third kappa shape index (κ3) is 10.5. The van der Waals surface area contributed by atoms with Crippen LogP contribution in [-0.4, -0.2) is 55.8 Å². The van der Waals surface area contributed by atoms with Crippen LogP contribution in [0.2, 0.25) is 0 Å². The maximum atomic E-state index is 12.5. The van der Waals surface area contributed by atoms with E-state index in [0.717, 1.165) is 30.6 Å². The number of aryl methyl sites for hydroxylation is 1. The SMILES string of the molecule is CC(C)OC(=O)[C@H](CCOc1ccc(CCC(=O)NC2=NCCCN2)cc1)NC(=O)OCc1ccccc1. The Balaban J connectivity index is 1.43. The van der Waals surface area contributed by atoms with Crippen LogP contribution in [0.25, 0.3) is 0 Å². The molecule has 0 aromatic heterocycles. The van der Waals surface area contributed by atoms with Crippen LogP contribution in [-0.2, 0) is 32.1 Å². The number of guanidine groups is 1. The molecule has 10 nitrogen and oxygen atoms in total. The molecular weight excluding hydrogens is 488 g/mol. The van der Waals surface area contributed by atoms with Crippen molar-refractivity contribution in [3.63, 3.8) is 0 Å². The van der Waals surface area contributed by atoms with Gasteiger partial charge in [0.25, 0.3) is 0 Å². The van der Waals surface area contributed by atoms with E-state index < -0.39 is 18.1 Å². The maximum Gasteiger partial charge on any atom is 0.408 e. The van der Waals surface area contributed by atoms with Gasteiger partial charge < -0.3 is 24.8 Å². The first-order valence-corrected chi connectivity index (χ1v) is 12.9. The third-order valence-electron chi connectivity index (χ3n) is 5.54. The second-order valence-corrected chi connectivity index (χ2v) is 9.08. The predicted octanol–water partition coefficient (Wildman–Crippen LogP) is 3.10. The zero-order valence-corrected chi connectivity index (χ0v) is 21.9. The molecule has 0 saturated carbocycles. The molecular formula is C28H36N4O6. The number of rotatable bonds is 12. The van der Waals surface area contributed by atoms with Crippen LogP contribution in [0.1, 0.15) is 44.2 Å². The molecule has 3 rings (SSSR count). The topological polar surface area (TPSA) is 127 Å². The molecule has 1 atom stereocenters. The summed E-state index contributed by atoms with van der Waals surface area (Å²) >= 11 is 0. The van der Waals surface area contributed by atoms with Gasteiger partial charge >= 0.3 is 12.1 Å². The van der Waals surface area contributed by atoms with Crippen molar-refractivity contribution in [1.82, 2.24) is 16.0 Å². The Morgan fingerprint density at radius 3 is 2.47 bits per heavy atom. The van der Waals surface area contributed by atoms with Crippen molar-refractivity contribution in [3.05, 3.63) is 65.7 Å². The van der Waals surface area contributed by atoms with E-state index in [4.69, 9.17) is 14.2 Å². The fourth-order valence-corrected chi connectivity index (χ4v) is 3.59. The summed E-state index contributed by atoms with van der Waals surface area (Å²) in [6.07, 6.45) is 1.05. The molecule has 10 heteroatoms. The van der Waals surface area contributed by atoms with E-state index in [-0.39, 0.29) is 31.6 Å². The Labute approximate surface area is 223 Å². The van der Waals surface area contributed by atoms with Crippen molar-refractivity contribution < 1.29 is 28.6 Å². The van der Waals surface area contributed by atoms with Crippen LogP contribution in [0.15, 0.2) is 59.6 Å². The summed E-state index contributed by atoms with van der Waals surface area (Å²) in [5, 5.41) is 8.43. The van der Waals surface area contributed by atoms with Gasteiger partial charge in [0.05, 0.1) is 12.7 Å². The normalized spacial score (nSPS) is 13.5. The summed E-state index contributed by atoms with van der Waals surface area (Å²) in [7, 11) is 0. The van der Waals surface area contributed by atoms with Gasteiger partial charge in [-0.05, 0) is 49.9 Å². The highest BCUT2D eigenvalue weighted by Crippen LogP contribution is 2.14. The van der Waals surface area contributed by atoms with Crippen molar-refractivity contribution in [2.45, 2.75) is 58.3 Å². The van der Waals surface area contributed by atoms with Crippen molar-refractivity contribution in [2.24, 2.45) is 4.99 Å². The van der Waals surface area contributed by atoms with Gasteiger partial charge in [0.15, 0.2) is 5.96 Å². The third-order valence-corrected chi connectivity index (χ3v) is 5.54. The lowest BCUT2D eigenvalue weighted by Gasteiger charge is -2.19. The molecule has 0 aliphatic carbocycles. The summed E-state index contributed by atoms with van der Waals surface area (Å²) in [5.74, 6) is 0.511. The predicted molar refractivity (Wildman–Crippen MR) is 143 cm³/mol. The fraction of sp³-hybridized carbons (Fsp3) is 0.429. The number of benzene rings is 2. The molecule has 0 radical (unpaired) electrons. The molecule has 38 heavy (non-hydrogen) atoms. The second-order valence-electron chi connectivity index (χ2n) is 9.08. The first-order valence-electron chi connectivity index (χ1n) is 12.9. The summed E-state index contributed by atoms with van der Waals surface area (Å²) < 4.78 is 16.3. The number of aliphatic imine (C=N–C) groups is 1. The Kier molecular flexibility index (Phi) is 11.4. The zero-order valence-electron chi connectivity index (χ0n) is 21.9. The largest absolute Gasteiger partial charge is 0.494 e. The summed E-state index contributed by atoms with van der Waals surface area (Å²) in [4.78, 5) is 41.2.